The molecule has 0 unspecified atom stereocenters. The van der Waals surface area contributed by atoms with E-state index in [4.69, 9.17) is 0 Å². The van der Waals surface area contributed by atoms with Crippen LogP contribution in [0.1, 0.15) is 19.3 Å². The van der Waals surface area contributed by atoms with Crippen LogP contribution in [-0.4, -0.2) is 52.4 Å². The van der Waals surface area contributed by atoms with Crippen LogP contribution in [0.15, 0.2) is 36.4 Å². The summed E-state index contributed by atoms with van der Waals surface area (Å²) in [5.74, 6) is 0. The van der Waals surface area contributed by atoms with Gasteiger partial charge >= 0.3 is 6.03 Å². The van der Waals surface area contributed by atoms with E-state index in [-0.39, 0.29) is 6.03 Å². The maximum Gasteiger partial charge on any atom is 0.322 e. The highest BCUT2D eigenvalue weighted by atomic mass is 32.1. The van der Waals surface area contributed by atoms with Gasteiger partial charge in [0.05, 0.1) is 5.69 Å². The highest BCUT2D eigenvalue weighted by molar-refractivity contribution is 7.10. The van der Waals surface area contributed by atoms with E-state index in [9.17, 15) is 4.79 Å². The van der Waals surface area contributed by atoms with Gasteiger partial charge in [0.2, 0.25) is 0 Å². The van der Waals surface area contributed by atoms with Crippen molar-refractivity contribution in [2.75, 3.05) is 25.5 Å². The zero-order valence-electron chi connectivity index (χ0n) is 13.8. The molecule has 3 heterocycles. The van der Waals surface area contributed by atoms with E-state index in [1.807, 2.05) is 41.3 Å². The van der Waals surface area contributed by atoms with E-state index in [1.165, 1.54) is 24.4 Å². The first-order valence-electron chi connectivity index (χ1n) is 8.51. The normalized spacial score (nSPS) is 24.0. The van der Waals surface area contributed by atoms with Crippen molar-refractivity contribution in [1.29, 1.82) is 0 Å². The zero-order chi connectivity index (χ0) is 16.5. The average molecular weight is 342 g/mol. The van der Waals surface area contributed by atoms with Crippen LogP contribution in [0.2, 0.25) is 0 Å². The summed E-state index contributed by atoms with van der Waals surface area (Å²) >= 11 is 1.34. The fraction of sp³-hybridized carbons (Fsp3) is 0.444. The minimum absolute atomic E-state index is 0.000730. The Hall–Kier alpha value is -1.92. The second-order valence-electron chi connectivity index (χ2n) is 6.66. The number of nitrogens with zero attached hydrogens (tertiary/aromatic N) is 3. The summed E-state index contributed by atoms with van der Waals surface area (Å²) in [5.41, 5.74) is 1.98. The van der Waals surface area contributed by atoms with Crippen LogP contribution in [0.25, 0.3) is 11.3 Å². The number of hydrogen-bond acceptors (Lipinski definition) is 4. The number of rotatable bonds is 2. The summed E-state index contributed by atoms with van der Waals surface area (Å²) < 4.78 is 4.45. The van der Waals surface area contributed by atoms with E-state index in [2.05, 4.69) is 21.6 Å². The molecule has 2 saturated heterocycles. The molecule has 0 saturated carbocycles. The Balaban J connectivity index is 1.42. The van der Waals surface area contributed by atoms with Crippen LogP contribution in [-0.2, 0) is 0 Å². The Morgan fingerprint density at radius 3 is 2.83 bits per heavy atom. The van der Waals surface area contributed by atoms with Crippen molar-refractivity contribution in [3.05, 3.63) is 36.4 Å². The molecule has 0 spiro atoms. The molecular weight excluding hydrogens is 320 g/mol. The average Bonchev–Trinajstić information content (AvgIpc) is 3.13. The second-order valence-corrected chi connectivity index (χ2v) is 7.46. The predicted octanol–water partition coefficient (Wildman–Crippen LogP) is 3.51. The van der Waals surface area contributed by atoms with Crippen LogP contribution in [0.4, 0.5) is 9.80 Å². The maximum absolute atomic E-state index is 12.6. The molecule has 2 atom stereocenters. The van der Waals surface area contributed by atoms with Crippen molar-refractivity contribution in [2.24, 2.45) is 0 Å². The van der Waals surface area contributed by atoms with Gasteiger partial charge in [-0.05, 0) is 37.8 Å². The zero-order valence-corrected chi connectivity index (χ0v) is 14.6. The van der Waals surface area contributed by atoms with Crippen LogP contribution < -0.4 is 5.32 Å². The smallest absolute Gasteiger partial charge is 0.322 e. The molecule has 2 aliphatic heterocycles. The Bertz CT molecular complexity index is 717. The van der Waals surface area contributed by atoms with Crippen LogP contribution in [0.3, 0.4) is 0 Å². The number of likely N-dealkylation sites (tertiary alicyclic amines) is 1. The molecule has 6 heteroatoms. The molecule has 1 N–H and O–H groups in total. The SMILES string of the molecule is CN1[C@H]2CC[C@H]1CN(C(=O)Nc1cc(-c3ccccc3)ns1)CC2. The van der Waals surface area contributed by atoms with Gasteiger partial charge < -0.3 is 4.90 Å². The van der Waals surface area contributed by atoms with Crippen molar-refractivity contribution < 1.29 is 4.79 Å². The van der Waals surface area contributed by atoms with Gasteiger partial charge in [-0.2, -0.15) is 4.37 Å². The summed E-state index contributed by atoms with van der Waals surface area (Å²) in [6, 6.07) is 13.1. The molecule has 4 rings (SSSR count). The number of carbonyl (C=O) groups excluding carboxylic acids is 1. The van der Waals surface area contributed by atoms with Gasteiger partial charge in [0.25, 0.3) is 0 Å². The van der Waals surface area contributed by atoms with Gasteiger partial charge in [0.1, 0.15) is 5.00 Å². The topological polar surface area (TPSA) is 48.5 Å². The summed E-state index contributed by atoms with van der Waals surface area (Å²) in [7, 11) is 2.19. The quantitative estimate of drug-likeness (QED) is 0.908. The molecule has 5 nitrogen and oxygen atoms in total. The second kappa shape index (κ2) is 6.53. The number of anilines is 1. The number of nitrogens with one attached hydrogen (secondary N) is 1. The van der Waals surface area contributed by atoms with Gasteiger partial charge in [-0.1, -0.05) is 30.3 Å². The highest BCUT2D eigenvalue weighted by Gasteiger charge is 2.36. The van der Waals surface area contributed by atoms with Gasteiger partial charge in [-0.3, -0.25) is 10.2 Å². The van der Waals surface area contributed by atoms with Crippen molar-refractivity contribution in [3.63, 3.8) is 0 Å². The Morgan fingerprint density at radius 2 is 2.00 bits per heavy atom. The Kier molecular flexibility index (Phi) is 4.24. The first kappa shape index (κ1) is 15.6. The number of likely N-dealkylation sites (N-methyl/N-ethyl adjacent to an activating group) is 1. The largest absolute Gasteiger partial charge is 0.323 e. The van der Waals surface area contributed by atoms with E-state index >= 15 is 0 Å². The Labute approximate surface area is 146 Å². The fourth-order valence-electron chi connectivity index (χ4n) is 3.76. The third-order valence-corrected chi connectivity index (χ3v) is 5.95. The van der Waals surface area contributed by atoms with Crippen LogP contribution in [0, 0.1) is 0 Å². The molecule has 2 aromatic rings. The molecule has 1 aromatic heterocycles. The fourth-order valence-corrected chi connectivity index (χ4v) is 4.41. The van der Waals surface area contributed by atoms with Crippen molar-refractivity contribution in [1.82, 2.24) is 14.2 Å². The first-order valence-corrected chi connectivity index (χ1v) is 9.28. The summed E-state index contributed by atoms with van der Waals surface area (Å²) in [6.45, 7) is 1.66. The molecule has 126 valence electrons. The maximum atomic E-state index is 12.6. The van der Waals surface area contributed by atoms with Gasteiger partial charge in [0.15, 0.2) is 0 Å². The molecule has 2 amide bonds. The number of benzene rings is 1. The van der Waals surface area contributed by atoms with Gasteiger partial charge in [-0.15, -0.1) is 0 Å². The number of carbonyl (C=O) groups is 1. The third kappa shape index (κ3) is 3.03. The lowest BCUT2D eigenvalue weighted by atomic mass is 10.1. The molecular formula is C18H22N4OS. The van der Waals surface area contributed by atoms with Crippen molar-refractivity contribution >= 4 is 22.6 Å². The summed E-state index contributed by atoms with van der Waals surface area (Å²) in [4.78, 5) is 17.0. The van der Waals surface area contributed by atoms with Crippen LogP contribution >= 0.6 is 11.5 Å². The van der Waals surface area contributed by atoms with E-state index < -0.39 is 0 Å². The van der Waals surface area contributed by atoms with Crippen molar-refractivity contribution in [3.8, 4) is 11.3 Å². The van der Waals surface area contributed by atoms with Crippen molar-refractivity contribution in [2.45, 2.75) is 31.3 Å². The van der Waals surface area contributed by atoms with E-state index in [0.717, 1.165) is 35.8 Å². The lowest BCUT2D eigenvalue weighted by molar-refractivity contribution is 0.200. The first-order chi connectivity index (χ1) is 11.7. The third-order valence-electron chi connectivity index (χ3n) is 5.25. The number of hydrogen-bond donors (Lipinski definition) is 1. The molecule has 0 radical (unpaired) electrons. The molecule has 2 fully saturated rings. The number of amides is 2. The monoisotopic (exact) mass is 342 g/mol. The van der Waals surface area contributed by atoms with E-state index in [1.54, 1.807) is 0 Å². The molecule has 1 aromatic carbocycles. The number of fused-ring (bicyclic) bond motifs is 2. The Morgan fingerprint density at radius 1 is 1.21 bits per heavy atom. The molecule has 24 heavy (non-hydrogen) atoms. The van der Waals surface area contributed by atoms with Gasteiger partial charge in [-0.25, -0.2) is 4.79 Å². The lowest BCUT2D eigenvalue weighted by Crippen LogP contribution is -2.41. The van der Waals surface area contributed by atoms with Gasteiger partial charge in [0, 0.05) is 36.8 Å². The van der Waals surface area contributed by atoms with E-state index in [0.29, 0.717) is 12.1 Å². The highest BCUT2D eigenvalue weighted by Crippen LogP contribution is 2.29. The summed E-state index contributed by atoms with van der Waals surface area (Å²) in [6.07, 6.45) is 3.54. The molecule has 2 aliphatic rings. The minimum atomic E-state index is -0.000730. The molecule has 2 bridgehead atoms. The molecule has 0 aliphatic carbocycles. The summed E-state index contributed by atoms with van der Waals surface area (Å²) in [5, 5.41) is 3.84. The number of urea groups is 1. The van der Waals surface area contributed by atoms with Crippen LogP contribution in [0.5, 0.6) is 0 Å². The minimum Gasteiger partial charge on any atom is -0.323 e. The standard InChI is InChI=1S/C18H22N4OS/c1-21-14-7-8-15(21)12-22(10-9-14)18(23)19-17-11-16(20-24-17)13-5-3-2-4-6-13/h2-6,11,14-15H,7-10,12H2,1H3,(H,19,23)/t14-,15-/m0/s1. The predicted molar refractivity (Wildman–Crippen MR) is 97.3 cm³/mol. The lowest BCUT2D eigenvalue weighted by Gasteiger charge is -2.25. The number of aromatic nitrogens is 1.